The number of rotatable bonds is 5. The van der Waals surface area contributed by atoms with Crippen molar-refractivity contribution in [3.63, 3.8) is 0 Å². The first-order chi connectivity index (χ1) is 9.11. The molecule has 2 aromatic rings. The predicted octanol–water partition coefficient (Wildman–Crippen LogP) is 3.47. The second kappa shape index (κ2) is 5.91. The minimum Gasteiger partial charge on any atom is -0.379 e. The van der Waals surface area contributed by atoms with Gasteiger partial charge in [-0.25, -0.2) is 0 Å². The van der Waals surface area contributed by atoms with Crippen molar-refractivity contribution in [2.45, 2.75) is 39.7 Å². The predicted molar refractivity (Wildman–Crippen MR) is 80.5 cm³/mol. The Morgan fingerprint density at radius 2 is 1.89 bits per heavy atom. The van der Waals surface area contributed by atoms with Gasteiger partial charge < -0.3 is 5.32 Å². The van der Waals surface area contributed by atoms with Crippen LogP contribution in [-0.4, -0.2) is 15.8 Å². The van der Waals surface area contributed by atoms with Gasteiger partial charge in [-0.3, -0.25) is 4.68 Å². The number of aryl methyl sites for hydroxylation is 2. The molecule has 19 heavy (non-hydrogen) atoms. The number of hydrogen-bond donors (Lipinski definition) is 1. The first kappa shape index (κ1) is 13.7. The van der Waals surface area contributed by atoms with E-state index in [9.17, 15) is 0 Å². The van der Waals surface area contributed by atoms with Crippen molar-refractivity contribution in [2.75, 3.05) is 5.32 Å². The first-order valence-corrected chi connectivity index (χ1v) is 6.92. The molecule has 0 fully saturated rings. The van der Waals surface area contributed by atoms with Crippen LogP contribution in [0.25, 0.3) is 0 Å². The van der Waals surface area contributed by atoms with Gasteiger partial charge in [0.05, 0.1) is 17.1 Å². The summed E-state index contributed by atoms with van der Waals surface area (Å²) in [6.45, 7) is 6.39. The van der Waals surface area contributed by atoms with Crippen molar-refractivity contribution >= 4 is 5.69 Å². The fraction of sp³-hybridized carbons (Fsp3) is 0.438. The molecule has 0 spiro atoms. The molecule has 1 unspecified atom stereocenters. The van der Waals surface area contributed by atoms with E-state index in [0.29, 0.717) is 6.04 Å². The van der Waals surface area contributed by atoms with Gasteiger partial charge in [-0.15, -0.1) is 0 Å². The number of nitrogens with zero attached hydrogens (tertiary/aromatic N) is 2. The largest absolute Gasteiger partial charge is 0.379 e. The Morgan fingerprint density at radius 1 is 1.21 bits per heavy atom. The molecule has 0 aliphatic carbocycles. The van der Waals surface area contributed by atoms with E-state index in [1.165, 1.54) is 16.9 Å². The van der Waals surface area contributed by atoms with Gasteiger partial charge in [-0.05, 0) is 32.3 Å². The highest BCUT2D eigenvalue weighted by atomic mass is 15.3. The van der Waals surface area contributed by atoms with E-state index < -0.39 is 0 Å². The van der Waals surface area contributed by atoms with Gasteiger partial charge in [0.25, 0.3) is 0 Å². The summed E-state index contributed by atoms with van der Waals surface area (Å²) >= 11 is 0. The van der Waals surface area contributed by atoms with Gasteiger partial charge in [-0.1, -0.05) is 37.3 Å². The average molecular weight is 257 g/mol. The maximum Gasteiger partial charge on any atom is 0.0827 e. The number of nitrogens with one attached hydrogen (secondary N) is 1. The Balaban J connectivity index is 2.11. The second-order valence-electron chi connectivity index (χ2n) is 5.11. The van der Waals surface area contributed by atoms with Crippen molar-refractivity contribution in [3.05, 3.63) is 47.3 Å². The molecule has 0 radical (unpaired) electrons. The van der Waals surface area contributed by atoms with E-state index in [1.54, 1.807) is 0 Å². The molecule has 0 aliphatic heterocycles. The van der Waals surface area contributed by atoms with Gasteiger partial charge in [0.15, 0.2) is 0 Å². The third-order valence-electron chi connectivity index (χ3n) is 3.68. The Hall–Kier alpha value is -1.77. The molecule has 1 heterocycles. The van der Waals surface area contributed by atoms with Crippen molar-refractivity contribution in [2.24, 2.45) is 7.05 Å². The highest BCUT2D eigenvalue weighted by Gasteiger charge is 2.13. The van der Waals surface area contributed by atoms with Crippen molar-refractivity contribution in [3.8, 4) is 0 Å². The van der Waals surface area contributed by atoms with E-state index in [-0.39, 0.29) is 0 Å². The van der Waals surface area contributed by atoms with Gasteiger partial charge in [0.1, 0.15) is 0 Å². The number of aromatic nitrogens is 2. The minimum atomic E-state index is 0.448. The molecule has 1 aromatic carbocycles. The van der Waals surface area contributed by atoms with E-state index in [0.717, 1.165) is 18.5 Å². The minimum absolute atomic E-state index is 0.448. The van der Waals surface area contributed by atoms with E-state index in [1.807, 2.05) is 11.7 Å². The Labute approximate surface area is 115 Å². The quantitative estimate of drug-likeness (QED) is 0.889. The summed E-state index contributed by atoms with van der Waals surface area (Å²) in [7, 11) is 1.99. The molecular formula is C16H23N3. The monoisotopic (exact) mass is 257 g/mol. The number of hydrogen-bond acceptors (Lipinski definition) is 2. The van der Waals surface area contributed by atoms with Crippen LogP contribution in [0.1, 0.15) is 30.3 Å². The van der Waals surface area contributed by atoms with Crippen LogP contribution in [0.5, 0.6) is 0 Å². The van der Waals surface area contributed by atoms with Crippen LogP contribution < -0.4 is 5.32 Å². The average Bonchev–Trinajstić information content (AvgIpc) is 2.65. The van der Waals surface area contributed by atoms with Crippen LogP contribution in [0.15, 0.2) is 30.3 Å². The van der Waals surface area contributed by atoms with Crippen molar-refractivity contribution < 1.29 is 0 Å². The van der Waals surface area contributed by atoms with Crippen LogP contribution in [0.3, 0.4) is 0 Å². The van der Waals surface area contributed by atoms with Crippen LogP contribution in [0, 0.1) is 13.8 Å². The topological polar surface area (TPSA) is 29.9 Å². The van der Waals surface area contributed by atoms with E-state index in [4.69, 9.17) is 0 Å². The van der Waals surface area contributed by atoms with Gasteiger partial charge >= 0.3 is 0 Å². The lowest BCUT2D eigenvalue weighted by Gasteiger charge is -2.18. The summed E-state index contributed by atoms with van der Waals surface area (Å²) in [6.07, 6.45) is 2.15. The van der Waals surface area contributed by atoms with Crippen LogP contribution in [-0.2, 0) is 13.5 Å². The Bertz CT molecular complexity index is 528. The fourth-order valence-corrected chi connectivity index (χ4v) is 2.38. The lowest BCUT2D eigenvalue weighted by molar-refractivity contribution is 0.688. The molecule has 1 atom stereocenters. The molecule has 0 bridgehead atoms. The zero-order valence-corrected chi connectivity index (χ0v) is 12.3. The third kappa shape index (κ3) is 3.16. The molecule has 0 aliphatic rings. The van der Waals surface area contributed by atoms with Gasteiger partial charge in [0.2, 0.25) is 0 Å². The molecule has 0 amide bonds. The van der Waals surface area contributed by atoms with E-state index >= 15 is 0 Å². The summed E-state index contributed by atoms with van der Waals surface area (Å²) in [5, 5.41) is 8.11. The lowest BCUT2D eigenvalue weighted by atomic mass is 10.0. The first-order valence-electron chi connectivity index (χ1n) is 6.92. The molecule has 1 aromatic heterocycles. The summed E-state index contributed by atoms with van der Waals surface area (Å²) in [6, 6.07) is 11.1. The highest BCUT2D eigenvalue weighted by molar-refractivity contribution is 5.52. The third-order valence-corrected chi connectivity index (χ3v) is 3.68. The summed E-state index contributed by atoms with van der Waals surface area (Å²) in [5.41, 5.74) is 4.84. The molecule has 0 saturated heterocycles. The summed E-state index contributed by atoms with van der Waals surface area (Å²) in [4.78, 5) is 0. The van der Waals surface area contributed by atoms with Crippen molar-refractivity contribution in [1.29, 1.82) is 0 Å². The maximum absolute atomic E-state index is 4.46. The van der Waals surface area contributed by atoms with Gasteiger partial charge in [0, 0.05) is 13.1 Å². The normalized spacial score (nSPS) is 12.4. The van der Waals surface area contributed by atoms with Crippen LogP contribution in [0.4, 0.5) is 5.69 Å². The van der Waals surface area contributed by atoms with E-state index in [2.05, 4.69) is 61.5 Å². The molecule has 3 nitrogen and oxygen atoms in total. The summed E-state index contributed by atoms with van der Waals surface area (Å²) in [5.74, 6) is 0. The lowest BCUT2D eigenvalue weighted by Crippen LogP contribution is -2.22. The Morgan fingerprint density at radius 3 is 2.42 bits per heavy atom. The zero-order valence-electron chi connectivity index (χ0n) is 12.3. The molecule has 102 valence electrons. The molecule has 2 rings (SSSR count). The summed E-state index contributed by atoms with van der Waals surface area (Å²) < 4.78 is 1.94. The molecule has 0 saturated carbocycles. The van der Waals surface area contributed by atoms with Crippen molar-refractivity contribution in [1.82, 2.24) is 9.78 Å². The maximum atomic E-state index is 4.46. The van der Waals surface area contributed by atoms with Gasteiger partial charge in [-0.2, -0.15) is 5.10 Å². The highest BCUT2D eigenvalue weighted by Crippen LogP contribution is 2.21. The van der Waals surface area contributed by atoms with Crippen LogP contribution in [0.2, 0.25) is 0 Å². The molecule has 3 heteroatoms. The number of benzene rings is 1. The molecule has 1 N–H and O–H groups in total. The SMILES string of the molecule is CCC(Cc1ccccc1)Nc1c(C)nn(C)c1C. The smallest absolute Gasteiger partial charge is 0.0827 e. The fourth-order valence-electron chi connectivity index (χ4n) is 2.38. The number of anilines is 1. The van der Waals surface area contributed by atoms with Crippen LogP contribution >= 0.6 is 0 Å². The second-order valence-corrected chi connectivity index (χ2v) is 5.11. The standard InChI is InChI=1S/C16H23N3/c1-5-15(11-14-9-7-6-8-10-14)17-16-12(2)18-19(4)13(16)3/h6-10,15,17H,5,11H2,1-4H3. The molecular weight excluding hydrogens is 234 g/mol. The Kier molecular flexibility index (Phi) is 4.25. The zero-order chi connectivity index (χ0) is 13.8.